The van der Waals surface area contributed by atoms with Crippen LogP contribution in [0.3, 0.4) is 0 Å². The molecule has 0 unspecified atom stereocenters. The van der Waals surface area contributed by atoms with Gasteiger partial charge in [0.05, 0.1) is 5.69 Å². The molecular weight excluding hydrogens is 154 g/mol. The second kappa shape index (κ2) is 3.17. The molecule has 1 aromatic rings. The van der Waals surface area contributed by atoms with Gasteiger partial charge in [-0.3, -0.25) is 0 Å². The van der Waals surface area contributed by atoms with E-state index in [9.17, 15) is 0 Å². The molecule has 0 bridgehead atoms. The van der Waals surface area contributed by atoms with Gasteiger partial charge in [-0.25, -0.2) is 0 Å². The van der Waals surface area contributed by atoms with Gasteiger partial charge in [-0.1, -0.05) is 0 Å². The van der Waals surface area contributed by atoms with Crippen LogP contribution in [0.2, 0.25) is 0 Å². The monoisotopic (exact) mass is 163 g/mol. The average Bonchev–Trinajstić information content (AvgIpc) is 2.50. The maximum Gasteiger partial charge on any atom is 0.128 e. The molecule has 0 aliphatic carbocycles. The fourth-order valence-electron chi connectivity index (χ4n) is 1.05. The molecule has 2 rings (SSSR count). The number of hydrogen-bond donors (Lipinski definition) is 0. The Morgan fingerprint density at radius 1 is 1.25 bits per heavy atom. The summed E-state index contributed by atoms with van der Waals surface area (Å²) in [5.74, 6) is 0. The summed E-state index contributed by atoms with van der Waals surface area (Å²) >= 11 is 0. The van der Waals surface area contributed by atoms with Gasteiger partial charge in [0, 0.05) is 12.4 Å². The van der Waals surface area contributed by atoms with Gasteiger partial charge in [-0.2, -0.15) is 0 Å². The SMILES string of the molecule is C1=C\OCc2cccn2/C=C/O/1. The standard InChI is InChI=1S/C9H9NO2/c1-2-9-8-12-7-6-11-5-4-10(9)3-1/h1-7H,8H2/b5-4+,7-6-. The lowest BCUT2D eigenvalue weighted by molar-refractivity contribution is 0.220. The topological polar surface area (TPSA) is 23.4 Å². The number of hydrogen-bond acceptors (Lipinski definition) is 2. The van der Waals surface area contributed by atoms with Crippen LogP contribution in [0.1, 0.15) is 5.69 Å². The van der Waals surface area contributed by atoms with Crippen molar-refractivity contribution in [1.29, 1.82) is 0 Å². The zero-order chi connectivity index (χ0) is 8.23. The zero-order valence-electron chi connectivity index (χ0n) is 6.51. The van der Waals surface area contributed by atoms with E-state index >= 15 is 0 Å². The number of nitrogens with zero attached hydrogens (tertiary/aromatic N) is 1. The molecule has 0 fully saturated rings. The molecule has 12 heavy (non-hydrogen) atoms. The van der Waals surface area contributed by atoms with Gasteiger partial charge in [0.1, 0.15) is 25.4 Å². The highest BCUT2D eigenvalue weighted by atomic mass is 16.5. The van der Waals surface area contributed by atoms with Crippen LogP contribution >= 0.6 is 0 Å². The van der Waals surface area contributed by atoms with E-state index in [4.69, 9.17) is 9.47 Å². The van der Waals surface area contributed by atoms with Crippen LogP contribution in [0.15, 0.2) is 37.1 Å². The van der Waals surface area contributed by atoms with Crippen molar-refractivity contribution in [3.63, 3.8) is 0 Å². The fourth-order valence-corrected chi connectivity index (χ4v) is 1.05. The average molecular weight is 163 g/mol. The predicted molar refractivity (Wildman–Crippen MR) is 44.8 cm³/mol. The summed E-state index contributed by atoms with van der Waals surface area (Å²) in [5.41, 5.74) is 1.10. The Bertz CT molecular complexity index is 312. The van der Waals surface area contributed by atoms with Crippen LogP contribution < -0.4 is 0 Å². The highest BCUT2D eigenvalue weighted by Crippen LogP contribution is 2.06. The summed E-state index contributed by atoms with van der Waals surface area (Å²) in [6.45, 7) is 0.567. The van der Waals surface area contributed by atoms with Gasteiger partial charge < -0.3 is 14.0 Å². The summed E-state index contributed by atoms with van der Waals surface area (Å²) < 4.78 is 12.1. The van der Waals surface area contributed by atoms with E-state index < -0.39 is 0 Å². The number of ether oxygens (including phenoxy) is 2. The van der Waals surface area contributed by atoms with Gasteiger partial charge in [0.25, 0.3) is 0 Å². The minimum Gasteiger partial charge on any atom is -0.492 e. The van der Waals surface area contributed by atoms with Gasteiger partial charge in [-0.05, 0) is 12.1 Å². The Hall–Kier alpha value is -1.64. The van der Waals surface area contributed by atoms with E-state index in [1.807, 2.05) is 29.1 Å². The predicted octanol–water partition coefficient (Wildman–Crippen LogP) is 1.93. The van der Waals surface area contributed by atoms with Gasteiger partial charge in [-0.15, -0.1) is 0 Å². The normalized spacial score (nSPS) is 20.3. The summed E-state index contributed by atoms with van der Waals surface area (Å²) in [6, 6.07) is 3.97. The lowest BCUT2D eigenvalue weighted by Crippen LogP contribution is -1.93. The zero-order valence-corrected chi connectivity index (χ0v) is 6.51. The Morgan fingerprint density at radius 2 is 2.25 bits per heavy atom. The molecule has 0 saturated heterocycles. The van der Waals surface area contributed by atoms with Crippen molar-refractivity contribution in [1.82, 2.24) is 4.57 Å². The molecule has 2 heterocycles. The van der Waals surface area contributed by atoms with Crippen molar-refractivity contribution in [2.24, 2.45) is 0 Å². The molecular formula is C9H9NO2. The van der Waals surface area contributed by atoms with E-state index in [1.165, 1.54) is 12.5 Å². The first kappa shape index (κ1) is 7.03. The van der Waals surface area contributed by atoms with E-state index in [2.05, 4.69) is 0 Å². The second-order valence-corrected chi connectivity index (χ2v) is 2.41. The van der Waals surface area contributed by atoms with Crippen LogP contribution in [0.4, 0.5) is 0 Å². The van der Waals surface area contributed by atoms with Crippen molar-refractivity contribution in [2.45, 2.75) is 6.61 Å². The minimum absolute atomic E-state index is 0.567. The van der Waals surface area contributed by atoms with Crippen molar-refractivity contribution in [2.75, 3.05) is 0 Å². The molecule has 0 radical (unpaired) electrons. The van der Waals surface area contributed by atoms with E-state index in [1.54, 1.807) is 6.26 Å². The molecule has 0 atom stereocenters. The molecule has 0 aromatic carbocycles. The van der Waals surface area contributed by atoms with E-state index in [0.717, 1.165) is 5.69 Å². The summed E-state index contributed by atoms with van der Waals surface area (Å²) in [6.07, 6.45) is 8.43. The fraction of sp³-hybridized carbons (Fsp3) is 0.111. The molecule has 3 heteroatoms. The van der Waals surface area contributed by atoms with Gasteiger partial charge in [0.2, 0.25) is 0 Å². The Kier molecular flexibility index (Phi) is 1.86. The summed E-state index contributed by atoms with van der Waals surface area (Å²) in [5, 5.41) is 0. The maximum atomic E-state index is 5.17. The molecule has 0 N–H and O–H groups in total. The number of fused-ring (bicyclic) bond motifs is 1. The molecule has 3 nitrogen and oxygen atoms in total. The minimum atomic E-state index is 0.567. The summed E-state index contributed by atoms with van der Waals surface area (Å²) in [4.78, 5) is 0. The van der Waals surface area contributed by atoms with Crippen LogP contribution in [0.25, 0.3) is 6.20 Å². The quantitative estimate of drug-likeness (QED) is 0.583. The van der Waals surface area contributed by atoms with Crippen LogP contribution in [0.5, 0.6) is 0 Å². The van der Waals surface area contributed by atoms with E-state index in [-0.39, 0.29) is 0 Å². The van der Waals surface area contributed by atoms with Crippen molar-refractivity contribution < 1.29 is 9.47 Å². The molecule has 1 aliphatic rings. The molecule has 0 saturated carbocycles. The van der Waals surface area contributed by atoms with Crippen molar-refractivity contribution >= 4 is 6.20 Å². The smallest absolute Gasteiger partial charge is 0.128 e. The Morgan fingerprint density at radius 3 is 3.25 bits per heavy atom. The molecule has 1 aliphatic heterocycles. The third kappa shape index (κ3) is 1.34. The van der Waals surface area contributed by atoms with Crippen molar-refractivity contribution in [3.05, 3.63) is 42.8 Å². The Balaban J connectivity index is 2.29. The highest BCUT2D eigenvalue weighted by molar-refractivity contribution is 5.26. The first-order valence-electron chi connectivity index (χ1n) is 3.71. The van der Waals surface area contributed by atoms with Crippen LogP contribution in [-0.4, -0.2) is 4.57 Å². The highest BCUT2D eigenvalue weighted by Gasteiger charge is 1.97. The third-order valence-corrected chi connectivity index (χ3v) is 1.63. The van der Waals surface area contributed by atoms with Gasteiger partial charge in [0.15, 0.2) is 0 Å². The summed E-state index contributed by atoms with van der Waals surface area (Å²) in [7, 11) is 0. The first-order chi connectivity index (χ1) is 5.97. The second-order valence-electron chi connectivity index (χ2n) is 2.41. The Labute approximate surface area is 70.5 Å². The van der Waals surface area contributed by atoms with Crippen LogP contribution in [-0.2, 0) is 16.1 Å². The first-order valence-corrected chi connectivity index (χ1v) is 3.71. The van der Waals surface area contributed by atoms with Gasteiger partial charge >= 0.3 is 0 Å². The number of rotatable bonds is 0. The number of aromatic nitrogens is 1. The third-order valence-electron chi connectivity index (χ3n) is 1.63. The van der Waals surface area contributed by atoms with E-state index in [0.29, 0.717) is 6.61 Å². The molecule has 62 valence electrons. The largest absolute Gasteiger partial charge is 0.492 e. The molecule has 0 amide bonds. The maximum absolute atomic E-state index is 5.17. The lowest BCUT2D eigenvalue weighted by atomic mass is 10.4. The van der Waals surface area contributed by atoms with Crippen molar-refractivity contribution in [3.8, 4) is 0 Å². The molecule has 0 spiro atoms. The lowest BCUT2D eigenvalue weighted by Gasteiger charge is -2.00. The van der Waals surface area contributed by atoms with Crippen LogP contribution in [0, 0.1) is 0 Å². The molecule has 1 aromatic heterocycles.